The van der Waals surface area contributed by atoms with Crippen molar-refractivity contribution in [2.24, 2.45) is 5.92 Å². The van der Waals surface area contributed by atoms with E-state index in [1.165, 1.54) is 17.3 Å². The van der Waals surface area contributed by atoms with E-state index in [4.69, 9.17) is 4.43 Å². The minimum atomic E-state index is 0.613. The summed E-state index contributed by atoms with van der Waals surface area (Å²) in [7, 11) is 0.915. The molecular weight excluding hydrogens is 231 g/mol. The first-order valence-corrected chi connectivity index (χ1v) is 5.31. The molecule has 1 atom stereocenters. The summed E-state index contributed by atoms with van der Waals surface area (Å²) in [6, 6.07) is 0. The lowest BCUT2D eigenvalue weighted by Crippen LogP contribution is -2.14. The number of rotatable bonds is 3. The fourth-order valence-electron chi connectivity index (χ4n) is 0.849. The molecule has 0 aliphatic heterocycles. The van der Waals surface area contributed by atoms with Gasteiger partial charge < -0.3 is 4.43 Å². The highest BCUT2D eigenvalue weighted by Gasteiger charge is 2.29. The fourth-order valence-corrected chi connectivity index (χ4v) is 3.16. The maximum Gasteiger partial charge on any atom is 0.146 e. The molecule has 48 valence electrons. The Bertz CT molecular complexity index is 70.8. The largest absolute Gasteiger partial charge is 0.424 e. The monoisotopic (exact) mass is 242 g/mol. The van der Waals surface area contributed by atoms with Gasteiger partial charge in [0.25, 0.3) is 0 Å². The Balaban J connectivity index is 2.15. The third-order valence-corrected chi connectivity index (χ3v) is 3.08. The highest BCUT2D eigenvalue weighted by atomic mass is 127. The van der Waals surface area contributed by atoms with Crippen molar-refractivity contribution in [3.8, 4) is 0 Å². The molecule has 0 aromatic rings. The SMILES string of the molecule is [SiH3]OC(CI)C1CC1. The third kappa shape index (κ3) is 1.70. The van der Waals surface area contributed by atoms with Crippen LogP contribution in [0.3, 0.4) is 0 Å². The van der Waals surface area contributed by atoms with Crippen LogP contribution in [0.4, 0.5) is 0 Å². The van der Waals surface area contributed by atoms with Gasteiger partial charge in [-0.3, -0.25) is 0 Å². The van der Waals surface area contributed by atoms with Gasteiger partial charge in [-0.25, -0.2) is 0 Å². The summed E-state index contributed by atoms with van der Waals surface area (Å²) in [6.45, 7) is 0. The first-order valence-electron chi connectivity index (χ1n) is 2.97. The quantitative estimate of drug-likeness (QED) is 0.398. The van der Waals surface area contributed by atoms with Crippen LogP contribution in [0, 0.1) is 5.92 Å². The van der Waals surface area contributed by atoms with E-state index >= 15 is 0 Å². The van der Waals surface area contributed by atoms with Gasteiger partial charge in [-0.05, 0) is 18.8 Å². The summed E-state index contributed by atoms with van der Waals surface area (Å²) >= 11 is 2.40. The Kier molecular flexibility index (Phi) is 2.78. The second kappa shape index (κ2) is 3.17. The van der Waals surface area contributed by atoms with Gasteiger partial charge in [0.1, 0.15) is 10.5 Å². The van der Waals surface area contributed by atoms with Gasteiger partial charge in [0, 0.05) is 4.43 Å². The molecule has 8 heavy (non-hydrogen) atoms. The first-order chi connectivity index (χ1) is 3.88. The van der Waals surface area contributed by atoms with Crippen LogP contribution in [0.2, 0.25) is 0 Å². The van der Waals surface area contributed by atoms with Crippen molar-refractivity contribution in [1.29, 1.82) is 0 Å². The lowest BCUT2D eigenvalue weighted by atomic mass is 10.3. The van der Waals surface area contributed by atoms with E-state index in [0.717, 1.165) is 16.4 Å². The lowest BCUT2D eigenvalue weighted by molar-refractivity contribution is 0.226. The van der Waals surface area contributed by atoms with Crippen molar-refractivity contribution in [3.05, 3.63) is 0 Å². The molecule has 0 amide bonds. The Morgan fingerprint density at radius 1 is 1.75 bits per heavy atom. The number of hydrogen-bond donors (Lipinski definition) is 0. The van der Waals surface area contributed by atoms with E-state index in [1.807, 2.05) is 0 Å². The van der Waals surface area contributed by atoms with Crippen LogP contribution >= 0.6 is 22.6 Å². The van der Waals surface area contributed by atoms with Gasteiger partial charge in [0.05, 0.1) is 6.10 Å². The minimum Gasteiger partial charge on any atom is -0.424 e. The number of hydrogen-bond acceptors (Lipinski definition) is 1. The molecule has 0 radical (unpaired) electrons. The second-order valence-corrected chi connectivity index (χ2v) is 3.62. The standard InChI is InChI=1S/C5H11IOSi/c6-3-5(7-8)4-1-2-4/h4-5H,1-3H2,8H3. The van der Waals surface area contributed by atoms with Crippen LogP contribution in [0.15, 0.2) is 0 Å². The van der Waals surface area contributed by atoms with Crippen molar-refractivity contribution in [3.63, 3.8) is 0 Å². The lowest BCUT2D eigenvalue weighted by Gasteiger charge is -2.09. The van der Waals surface area contributed by atoms with E-state index in [0.29, 0.717) is 6.10 Å². The Morgan fingerprint density at radius 3 is 2.50 bits per heavy atom. The molecule has 1 rings (SSSR count). The summed E-state index contributed by atoms with van der Waals surface area (Å²) in [5.41, 5.74) is 0. The topological polar surface area (TPSA) is 9.23 Å². The highest BCUT2D eigenvalue weighted by molar-refractivity contribution is 14.1. The molecule has 0 heterocycles. The molecule has 3 heteroatoms. The van der Waals surface area contributed by atoms with Gasteiger partial charge in [-0.1, -0.05) is 22.6 Å². The maximum absolute atomic E-state index is 5.35. The molecule has 0 aromatic carbocycles. The van der Waals surface area contributed by atoms with Crippen molar-refractivity contribution >= 4 is 33.1 Å². The molecule has 0 aromatic heterocycles. The molecule has 1 aliphatic carbocycles. The molecule has 0 spiro atoms. The predicted octanol–water partition coefficient (Wildman–Crippen LogP) is 0.497. The Hall–Kier alpha value is 0.907. The van der Waals surface area contributed by atoms with Crippen LogP contribution in [-0.4, -0.2) is 21.0 Å². The van der Waals surface area contributed by atoms with Crippen LogP contribution in [0.25, 0.3) is 0 Å². The Morgan fingerprint density at radius 2 is 2.38 bits per heavy atom. The van der Waals surface area contributed by atoms with Crippen LogP contribution in [0.1, 0.15) is 12.8 Å². The molecular formula is C5H11IOSi. The molecule has 0 bridgehead atoms. The van der Waals surface area contributed by atoms with E-state index in [-0.39, 0.29) is 0 Å². The van der Waals surface area contributed by atoms with Crippen molar-refractivity contribution in [1.82, 2.24) is 0 Å². The third-order valence-electron chi connectivity index (χ3n) is 1.60. The predicted molar refractivity (Wildman–Crippen MR) is 46.4 cm³/mol. The average molecular weight is 242 g/mol. The van der Waals surface area contributed by atoms with Gasteiger partial charge in [-0.15, -0.1) is 0 Å². The van der Waals surface area contributed by atoms with Crippen LogP contribution in [0.5, 0.6) is 0 Å². The zero-order chi connectivity index (χ0) is 5.98. The maximum atomic E-state index is 5.35. The number of alkyl halides is 1. The molecule has 1 unspecified atom stereocenters. The van der Waals surface area contributed by atoms with Crippen molar-refractivity contribution in [2.75, 3.05) is 4.43 Å². The molecule has 1 aliphatic rings. The van der Waals surface area contributed by atoms with Crippen molar-refractivity contribution < 1.29 is 4.43 Å². The van der Waals surface area contributed by atoms with E-state index < -0.39 is 0 Å². The molecule has 1 saturated carbocycles. The van der Waals surface area contributed by atoms with E-state index in [1.54, 1.807) is 0 Å². The summed E-state index contributed by atoms with van der Waals surface area (Å²) < 4.78 is 6.54. The van der Waals surface area contributed by atoms with Gasteiger partial charge >= 0.3 is 0 Å². The fraction of sp³-hybridized carbons (Fsp3) is 1.00. The van der Waals surface area contributed by atoms with E-state index in [2.05, 4.69) is 22.6 Å². The molecule has 1 fully saturated rings. The van der Waals surface area contributed by atoms with E-state index in [9.17, 15) is 0 Å². The minimum absolute atomic E-state index is 0.613. The zero-order valence-corrected chi connectivity index (χ0v) is 9.22. The summed E-state index contributed by atoms with van der Waals surface area (Å²) in [6.07, 6.45) is 3.44. The first kappa shape index (κ1) is 7.02. The normalized spacial score (nSPS) is 23.6. The van der Waals surface area contributed by atoms with Gasteiger partial charge in [-0.2, -0.15) is 0 Å². The summed E-state index contributed by atoms with van der Waals surface area (Å²) in [5.74, 6) is 0.935. The molecule has 0 N–H and O–H groups in total. The highest BCUT2D eigenvalue weighted by Crippen LogP contribution is 2.34. The second-order valence-electron chi connectivity index (χ2n) is 2.27. The van der Waals surface area contributed by atoms with Crippen molar-refractivity contribution in [2.45, 2.75) is 18.9 Å². The van der Waals surface area contributed by atoms with Crippen LogP contribution < -0.4 is 0 Å². The van der Waals surface area contributed by atoms with Gasteiger partial charge in [0.15, 0.2) is 0 Å². The average Bonchev–Trinajstić information content (AvgIpc) is 2.53. The molecule has 0 saturated heterocycles. The summed E-state index contributed by atoms with van der Waals surface area (Å²) in [4.78, 5) is 0. The smallest absolute Gasteiger partial charge is 0.146 e. The van der Waals surface area contributed by atoms with Gasteiger partial charge in [0.2, 0.25) is 0 Å². The Labute approximate surface area is 66.9 Å². The molecule has 1 nitrogen and oxygen atoms in total. The van der Waals surface area contributed by atoms with Crippen LogP contribution in [-0.2, 0) is 4.43 Å². The zero-order valence-electron chi connectivity index (χ0n) is 5.06. The number of halogens is 1. The summed E-state index contributed by atoms with van der Waals surface area (Å²) in [5, 5.41) is 0.